The highest BCUT2D eigenvalue weighted by Crippen LogP contribution is 2.19. The van der Waals surface area contributed by atoms with Gasteiger partial charge in [-0.05, 0) is 31.4 Å². The number of nitrogens with zero attached hydrogens (tertiary/aromatic N) is 2. The summed E-state index contributed by atoms with van der Waals surface area (Å²) in [5.41, 5.74) is 1.19. The Hall–Kier alpha value is -2.47. The summed E-state index contributed by atoms with van der Waals surface area (Å²) in [5, 5.41) is 9.28. The zero-order valence-electron chi connectivity index (χ0n) is 18.1. The van der Waals surface area contributed by atoms with Crippen LogP contribution >= 0.6 is 11.6 Å². The first kappa shape index (κ1) is 24.8. The Bertz CT molecular complexity index is 922. The van der Waals surface area contributed by atoms with Crippen molar-refractivity contribution in [2.24, 2.45) is 0 Å². The Kier molecular flexibility index (Phi) is 10.4. The molecule has 1 aromatic carbocycles. The number of hydrogen-bond donors (Lipinski definition) is 1. The summed E-state index contributed by atoms with van der Waals surface area (Å²) in [6.07, 6.45) is 7.12. The van der Waals surface area contributed by atoms with Crippen molar-refractivity contribution in [3.8, 4) is 11.3 Å². The van der Waals surface area contributed by atoms with E-state index in [1.165, 1.54) is 10.6 Å². The topological polar surface area (TPSA) is 89.3 Å². The van der Waals surface area contributed by atoms with Gasteiger partial charge in [0.25, 0.3) is 5.56 Å². The molecule has 0 fully saturated rings. The van der Waals surface area contributed by atoms with Crippen LogP contribution in [-0.2, 0) is 22.6 Å². The number of halogens is 1. The fourth-order valence-electron chi connectivity index (χ4n) is 3.42. The lowest BCUT2D eigenvalue weighted by Gasteiger charge is -2.13. The van der Waals surface area contributed by atoms with Gasteiger partial charge in [-0.1, -0.05) is 56.3 Å². The van der Waals surface area contributed by atoms with Crippen LogP contribution in [0.3, 0.4) is 0 Å². The normalized spacial score (nSPS) is 10.9. The van der Waals surface area contributed by atoms with E-state index in [9.17, 15) is 14.4 Å². The van der Waals surface area contributed by atoms with Gasteiger partial charge in [-0.3, -0.25) is 19.0 Å². The van der Waals surface area contributed by atoms with E-state index < -0.39 is 5.97 Å². The summed E-state index contributed by atoms with van der Waals surface area (Å²) in [7, 11) is 0. The first-order valence-electron chi connectivity index (χ1n) is 11.0. The molecule has 0 saturated carbocycles. The monoisotopic (exact) mass is 446 g/mol. The van der Waals surface area contributed by atoms with E-state index >= 15 is 0 Å². The minimum absolute atomic E-state index is 0.00174. The van der Waals surface area contributed by atoms with Gasteiger partial charge in [0.15, 0.2) is 5.78 Å². The molecule has 0 radical (unpaired) electrons. The van der Waals surface area contributed by atoms with Crippen molar-refractivity contribution in [2.75, 3.05) is 0 Å². The van der Waals surface area contributed by atoms with Crippen LogP contribution < -0.4 is 5.56 Å². The quantitative estimate of drug-likeness (QED) is 0.398. The Balaban J connectivity index is 2.08. The third kappa shape index (κ3) is 8.66. The predicted molar refractivity (Wildman–Crippen MR) is 123 cm³/mol. The number of rotatable bonds is 14. The summed E-state index contributed by atoms with van der Waals surface area (Å²) in [4.78, 5) is 40.6. The van der Waals surface area contributed by atoms with Crippen LogP contribution in [0.15, 0.2) is 35.1 Å². The number of carboxylic acids is 1. The molecule has 0 atom stereocenters. The minimum Gasteiger partial charge on any atom is -0.481 e. The number of unbranched alkanes of at least 4 members (excludes halogenated alkanes) is 5. The van der Waals surface area contributed by atoms with Crippen molar-refractivity contribution in [2.45, 2.75) is 77.7 Å². The Morgan fingerprint density at radius 1 is 1.00 bits per heavy atom. The van der Waals surface area contributed by atoms with Gasteiger partial charge in [-0.25, -0.2) is 4.98 Å². The van der Waals surface area contributed by atoms with Gasteiger partial charge in [0, 0.05) is 35.9 Å². The molecular formula is C24H31ClN2O4. The van der Waals surface area contributed by atoms with Crippen LogP contribution in [0.1, 0.15) is 70.5 Å². The van der Waals surface area contributed by atoms with E-state index in [4.69, 9.17) is 21.7 Å². The van der Waals surface area contributed by atoms with Crippen molar-refractivity contribution >= 4 is 23.4 Å². The second-order valence-corrected chi connectivity index (χ2v) is 8.23. The SMILES string of the molecule is CCCCCc1nc(-c2ccc(Cl)cc2)cc(=O)n1CC(=O)CCCCCCC(=O)O. The minimum atomic E-state index is -0.791. The third-order valence-electron chi connectivity index (χ3n) is 5.16. The highest BCUT2D eigenvalue weighted by atomic mass is 35.5. The first-order valence-corrected chi connectivity index (χ1v) is 11.4. The highest BCUT2D eigenvalue weighted by molar-refractivity contribution is 6.30. The Morgan fingerprint density at radius 2 is 1.68 bits per heavy atom. The molecule has 168 valence electrons. The lowest BCUT2D eigenvalue weighted by molar-refractivity contribution is -0.137. The zero-order chi connectivity index (χ0) is 22.6. The van der Waals surface area contributed by atoms with Crippen molar-refractivity contribution in [3.05, 3.63) is 51.5 Å². The van der Waals surface area contributed by atoms with E-state index in [1.54, 1.807) is 12.1 Å². The highest BCUT2D eigenvalue weighted by Gasteiger charge is 2.13. The van der Waals surface area contributed by atoms with Crippen LogP contribution in [-0.4, -0.2) is 26.4 Å². The maximum atomic E-state index is 12.8. The van der Waals surface area contributed by atoms with Crippen LogP contribution in [0.2, 0.25) is 5.02 Å². The fourth-order valence-corrected chi connectivity index (χ4v) is 3.55. The standard InChI is InChI=1S/C24H31ClN2O4/c1-2-3-6-10-22-26-21(18-12-14-19(25)15-13-18)16-23(29)27(22)17-20(28)9-7-4-5-8-11-24(30)31/h12-16H,2-11,17H2,1H3,(H,30,31). The molecule has 0 spiro atoms. The number of benzene rings is 1. The molecule has 1 N–H and O–H groups in total. The summed E-state index contributed by atoms with van der Waals surface area (Å²) in [6, 6.07) is 8.67. The zero-order valence-corrected chi connectivity index (χ0v) is 18.9. The van der Waals surface area contributed by atoms with Crippen LogP contribution in [0, 0.1) is 0 Å². The molecule has 0 amide bonds. The van der Waals surface area contributed by atoms with E-state index in [0.717, 1.165) is 37.7 Å². The molecule has 31 heavy (non-hydrogen) atoms. The second-order valence-electron chi connectivity index (χ2n) is 7.79. The number of hydrogen-bond acceptors (Lipinski definition) is 4. The number of carbonyl (C=O) groups is 2. The molecular weight excluding hydrogens is 416 g/mol. The number of carbonyl (C=O) groups excluding carboxylic acids is 1. The lowest BCUT2D eigenvalue weighted by atomic mass is 10.1. The molecule has 0 aliphatic rings. The molecule has 0 aliphatic carbocycles. The second kappa shape index (κ2) is 13.1. The van der Waals surface area contributed by atoms with Crippen LogP contribution in [0.5, 0.6) is 0 Å². The van der Waals surface area contributed by atoms with Gasteiger partial charge in [-0.15, -0.1) is 0 Å². The molecule has 1 heterocycles. The summed E-state index contributed by atoms with van der Waals surface area (Å²) in [5.74, 6) is -0.153. The van der Waals surface area contributed by atoms with Gasteiger partial charge >= 0.3 is 5.97 Å². The smallest absolute Gasteiger partial charge is 0.303 e. The summed E-state index contributed by atoms with van der Waals surface area (Å²) >= 11 is 5.96. The average molecular weight is 447 g/mol. The number of carboxylic acid groups (broad SMARTS) is 1. The number of aliphatic carboxylic acids is 1. The Labute approximate surface area is 188 Å². The number of Topliss-reactive ketones (excluding diaryl/α,β-unsaturated/α-hetero) is 1. The molecule has 2 rings (SSSR count). The first-order chi connectivity index (χ1) is 14.9. The Morgan fingerprint density at radius 3 is 2.32 bits per heavy atom. The number of ketones is 1. The van der Waals surface area contributed by atoms with Gasteiger partial charge in [0.05, 0.1) is 12.2 Å². The van der Waals surface area contributed by atoms with Crippen molar-refractivity contribution in [3.63, 3.8) is 0 Å². The third-order valence-corrected chi connectivity index (χ3v) is 5.41. The maximum Gasteiger partial charge on any atom is 0.303 e. The molecule has 1 aromatic heterocycles. The van der Waals surface area contributed by atoms with Gasteiger partial charge in [0.1, 0.15) is 5.82 Å². The number of aromatic nitrogens is 2. The fraction of sp³-hybridized carbons (Fsp3) is 0.500. The largest absolute Gasteiger partial charge is 0.481 e. The number of aryl methyl sites for hydroxylation is 1. The van der Waals surface area contributed by atoms with E-state index in [0.29, 0.717) is 42.2 Å². The maximum absolute atomic E-state index is 12.8. The van der Waals surface area contributed by atoms with Gasteiger partial charge in [0.2, 0.25) is 0 Å². The van der Waals surface area contributed by atoms with Crippen molar-refractivity contribution in [1.82, 2.24) is 9.55 Å². The molecule has 0 aliphatic heterocycles. The average Bonchev–Trinajstić information content (AvgIpc) is 2.73. The predicted octanol–water partition coefficient (Wildman–Crippen LogP) is 5.29. The van der Waals surface area contributed by atoms with Gasteiger partial charge < -0.3 is 5.11 Å². The summed E-state index contributed by atoms with van der Waals surface area (Å²) in [6.45, 7) is 2.15. The van der Waals surface area contributed by atoms with Crippen LogP contribution in [0.4, 0.5) is 0 Å². The molecule has 6 nitrogen and oxygen atoms in total. The van der Waals surface area contributed by atoms with Crippen molar-refractivity contribution in [1.29, 1.82) is 0 Å². The molecule has 0 bridgehead atoms. The molecule has 7 heteroatoms. The van der Waals surface area contributed by atoms with Gasteiger partial charge in [-0.2, -0.15) is 0 Å². The lowest BCUT2D eigenvalue weighted by Crippen LogP contribution is -2.28. The van der Waals surface area contributed by atoms with Crippen LogP contribution in [0.25, 0.3) is 11.3 Å². The molecule has 0 unspecified atom stereocenters. The molecule has 0 saturated heterocycles. The summed E-state index contributed by atoms with van der Waals surface area (Å²) < 4.78 is 1.50. The van der Waals surface area contributed by atoms with E-state index in [2.05, 4.69) is 6.92 Å². The van der Waals surface area contributed by atoms with Crippen molar-refractivity contribution < 1.29 is 14.7 Å². The van der Waals surface area contributed by atoms with E-state index in [1.807, 2.05) is 12.1 Å². The molecule has 2 aromatic rings. The van der Waals surface area contributed by atoms with E-state index in [-0.39, 0.29) is 24.3 Å².